The summed E-state index contributed by atoms with van der Waals surface area (Å²) in [6.45, 7) is 2.15. The van der Waals surface area contributed by atoms with E-state index in [-0.39, 0.29) is 0 Å². The quantitative estimate of drug-likeness (QED) is 0.742. The largest absolute Gasteiger partial charge is 0.493 e. The predicted octanol–water partition coefficient (Wildman–Crippen LogP) is 2.30. The molecule has 2 aromatic rings. The molecule has 0 aliphatic heterocycles. The van der Waals surface area contributed by atoms with Gasteiger partial charge in [0.25, 0.3) is 0 Å². The molecular weight excluding hydrogens is 176 g/mol. The Morgan fingerprint density at radius 2 is 2.36 bits per heavy atom. The van der Waals surface area contributed by atoms with Crippen molar-refractivity contribution in [3.8, 4) is 5.75 Å². The zero-order chi connectivity index (χ0) is 9.97. The lowest BCUT2D eigenvalue weighted by molar-refractivity contribution is 0.417. The fraction of sp³-hybridized carbons (Fsp3) is 0.364. The third-order valence-corrected chi connectivity index (χ3v) is 2.22. The second-order valence-corrected chi connectivity index (χ2v) is 3.29. The number of hydrogen-bond acceptors (Lipinski definition) is 2. The van der Waals surface area contributed by atoms with Crippen LogP contribution >= 0.6 is 0 Å². The van der Waals surface area contributed by atoms with Gasteiger partial charge in [0.05, 0.1) is 12.8 Å². The molecule has 2 heterocycles. The van der Waals surface area contributed by atoms with E-state index in [9.17, 15) is 0 Å². The number of aryl methyl sites for hydroxylation is 1. The average Bonchev–Trinajstić information content (AvgIpc) is 2.60. The molecule has 0 saturated heterocycles. The molecule has 3 heteroatoms. The molecule has 0 radical (unpaired) electrons. The number of pyridine rings is 1. The van der Waals surface area contributed by atoms with Crippen LogP contribution in [0, 0.1) is 0 Å². The summed E-state index contributed by atoms with van der Waals surface area (Å²) in [6, 6.07) is 3.89. The molecule has 0 atom stereocenters. The third-order valence-electron chi connectivity index (χ3n) is 2.22. The summed E-state index contributed by atoms with van der Waals surface area (Å²) in [4.78, 5) is 4.51. The van der Waals surface area contributed by atoms with Crippen molar-refractivity contribution < 1.29 is 4.74 Å². The first-order valence-corrected chi connectivity index (χ1v) is 4.85. The Hall–Kier alpha value is -1.51. The van der Waals surface area contributed by atoms with Crippen molar-refractivity contribution in [1.29, 1.82) is 0 Å². The zero-order valence-electron chi connectivity index (χ0n) is 8.53. The summed E-state index contributed by atoms with van der Waals surface area (Å²) in [5.74, 6) is 0.829. The van der Waals surface area contributed by atoms with Gasteiger partial charge in [-0.2, -0.15) is 0 Å². The van der Waals surface area contributed by atoms with E-state index in [0.29, 0.717) is 0 Å². The molecule has 0 bridgehead atoms. The van der Waals surface area contributed by atoms with Crippen LogP contribution in [0.2, 0.25) is 0 Å². The highest BCUT2D eigenvalue weighted by atomic mass is 16.5. The van der Waals surface area contributed by atoms with Gasteiger partial charge in [0.2, 0.25) is 0 Å². The first-order chi connectivity index (χ1) is 6.85. The first kappa shape index (κ1) is 9.06. The Kier molecular flexibility index (Phi) is 2.39. The van der Waals surface area contributed by atoms with Crippen molar-refractivity contribution in [3.63, 3.8) is 0 Å². The van der Waals surface area contributed by atoms with Crippen LogP contribution in [0.25, 0.3) is 5.65 Å². The van der Waals surface area contributed by atoms with Crippen molar-refractivity contribution in [2.45, 2.75) is 19.8 Å². The highest BCUT2D eigenvalue weighted by Gasteiger charge is 2.04. The Morgan fingerprint density at radius 1 is 1.50 bits per heavy atom. The minimum Gasteiger partial charge on any atom is -0.493 e. The number of nitrogens with zero attached hydrogens (tertiary/aromatic N) is 2. The summed E-state index contributed by atoms with van der Waals surface area (Å²) < 4.78 is 7.24. The van der Waals surface area contributed by atoms with E-state index in [4.69, 9.17) is 4.74 Å². The minimum absolute atomic E-state index is 0.829. The highest BCUT2D eigenvalue weighted by molar-refractivity contribution is 5.54. The number of imidazole rings is 1. The van der Waals surface area contributed by atoms with Gasteiger partial charge in [0, 0.05) is 12.4 Å². The fourth-order valence-corrected chi connectivity index (χ4v) is 1.57. The second kappa shape index (κ2) is 3.70. The summed E-state index contributed by atoms with van der Waals surface area (Å²) in [7, 11) is 1.67. The molecular formula is C11H14N2O. The van der Waals surface area contributed by atoms with Crippen molar-refractivity contribution in [2.24, 2.45) is 0 Å². The van der Waals surface area contributed by atoms with Crippen molar-refractivity contribution in [2.75, 3.05) is 7.11 Å². The molecule has 74 valence electrons. The normalized spacial score (nSPS) is 10.7. The van der Waals surface area contributed by atoms with Crippen LogP contribution in [0.15, 0.2) is 24.5 Å². The second-order valence-electron chi connectivity index (χ2n) is 3.29. The van der Waals surface area contributed by atoms with Crippen molar-refractivity contribution >= 4 is 5.65 Å². The number of hydrogen-bond donors (Lipinski definition) is 0. The summed E-state index contributed by atoms with van der Waals surface area (Å²) in [5.41, 5.74) is 2.02. The van der Waals surface area contributed by atoms with Gasteiger partial charge in [-0.15, -0.1) is 0 Å². The van der Waals surface area contributed by atoms with E-state index in [1.807, 2.05) is 22.7 Å². The van der Waals surface area contributed by atoms with Crippen LogP contribution < -0.4 is 4.74 Å². The van der Waals surface area contributed by atoms with E-state index in [1.165, 1.54) is 0 Å². The van der Waals surface area contributed by atoms with E-state index >= 15 is 0 Å². The molecule has 14 heavy (non-hydrogen) atoms. The Morgan fingerprint density at radius 3 is 3.07 bits per heavy atom. The number of methoxy groups -OCH3 is 1. The van der Waals surface area contributed by atoms with Crippen LogP contribution in [0.5, 0.6) is 5.75 Å². The van der Waals surface area contributed by atoms with Gasteiger partial charge in [0.15, 0.2) is 11.4 Å². The minimum atomic E-state index is 0.829. The van der Waals surface area contributed by atoms with E-state index < -0.39 is 0 Å². The summed E-state index contributed by atoms with van der Waals surface area (Å²) in [6.07, 6.45) is 6.18. The fourth-order valence-electron chi connectivity index (χ4n) is 1.57. The smallest absolute Gasteiger partial charge is 0.179 e. The maximum atomic E-state index is 5.24. The first-order valence-electron chi connectivity index (χ1n) is 4.85. The van der Waals surface area contributed by atoms with E-state index in [0.717, 1.165) is 29.9 Å². The molecule has 0 fully saturated rings. The van der Waals surface area contributed by atoms with Gasteiger partial charge < -0.3 is 9.14 Å². The molecule has 0 unspecified atom stereocenters. The lowest BCUT2D eigenvalue weighted by Crippen LogP contribution is -1.88. The monoisotopic (exact) mass is 190 g/mol. The van der Waals surface area contributed by atoms with Crippen LogP contribution in [0.1, 0.15) is 19.0 Å². The number of rotatable bonds is 3. The Bertz CT molecular complexity index is 434. The molecule has 0 aliphatic carbocycles. The lowest BCUT2D eigenvalue weighted by Gasteiger charge is -1.99. The SMILES string of the molecule is CCCc1cn2cccc(OC)c2n1. The number of ether oxygens (including phenoxy) is 1. The molecule has 0 spiro atoms. The molecule has 0 aromatic carbocycles. The van der Waals surface area contributed by atoms with Gasteiger partial charge in [0.1, 0.15) is 0 Å². The van der Waals surface area contributed by atoms with Crippen LogP contribution in [-0.2, 0) is 6.42 Å². The van der Waals surface area contributed by atoms with E-state index in [2.05, 4.69) is 18.1 Å². The summed E-state index contributed by atoms with van der Waals surface area (Å²) in [5, 5.41) is 0. The van der Waals surface area contributed by atoms with Gasteiger partial charge >= 0.3 is 0 Å². The van der Waals surface area contributed by atoms with Gasteiger partial charge in [-0.3, -0.25) is 0 Å². The third kappa shape index (κ3) is 1.45. The van der Waals surface area contributed by atoms with Crippen LogP contribution in [-0.4, -0.2) is 16.5 Å². The number of aromatic nitrogens is 2. The van der Waals surface area contributed by atoms with Crippen molar-refractivity contribution in [1.82, 2.24) is 9.38 Å². The van der Waals surface area contributed by atoms with E-state index in [1.54, 1.807) is 7.11 Å². The van der Waals surface area contributed by atoms with Gasteiger partial charge in [-0.25, -0.2) is 4.98 Å². The Balaban J connectivity index is 2.52. The lowest BCUT2D eigenvalue weighted by atomic mass is 10.3. The standard InChI is InChI=1S/C11H14N2O/c1-3-5-9-8-13-7-4-6-10(14-2)11(13)12-9/h4,6-8H,3,5H2,1-2H3. The molecule has 0 amide bonds. The molecule has 0 N–H and O–H groups in total. The van der Waals surface area contributed by atoms with Gasteiger partial charge in [-0.05, 0) is 18.6 Å². The molecule has 0 aliphatic rings. The van der Waals surface area contributed by atoms with Gasteiger partial charge in [-0.1, -0.05) is 13.3 Å². The zero-order valence-corrected chi connectivity index (χ0v) is 8.53. The topological polar surface area (TPSA) is 26.5 Å². The molecule has 2 rings (SSSR count). The van der Waals surface area contributed by atoms with Crippen LogP contribution in [0.3, 0.4) is 0 Å². The van der Waals surface area contributed by atoms with Crippen LogP contribution in [0.4, 0.5) is 0 Å². The predicted molar refractivity (Wildman–Crippen MR) is 55.7 cm³/mol. The maximum Gasteiger partial charge on any atom is 0.179 e. The van der Waals surface area contributed by atoms with Crippen molar-refractivity contribution in [3.05, 3.63) is 30.2 Å². The molecule has 3 nitrogen and oxygen atoms in total. The maximum absolute atomic E-state index is 5.24. The average molecular weight is 190 g/mol. The highest BCUT2D eigenvalue weighted by Crippen LogP contribution is 2.18. The molecule has 0 saturated carbocycles. The summed E-state index contributed by atoms with van der Waals surface area (Å²) >= 11 is 0. The number of fused-ring (bicyclic) bond motifs is 1. The molecule has 2 aromatic heterocycles. The Labute approximate surface area is 83.3 Å².